The second-order valence-corrected chi connectivity index (χ2v) is 9.54. The maximum atomic E-state index is 12.5. The van der Waals surface area contributed by atoms with E-state index in [0.717, 1.165) is 23.3 Å². The van der Waals surface area contributed by atoms with Gasteiger partial charge in [-0.2, -0.15) is 4.31 Å². The van der Waals surface area contributed by atoms with Gasteiger partial charge in [0.1, 0.15) is 4.21 Å². The van der Waals surface area contributed by atoms with Crippen LogP contribution >= 0.6 is 11.3 Å². The molecule has 1 saturated heterocycles. The molecule has 0 saturated carbocycles. The quantitative estimate of drug-likeness (QED) is 0.840. The Labute approximate surface area is 152 Å². The summed E-state index contributed by atoms with van der Waals surface area (Å²) in [5, 5.41) is 2.96. The lowest BCUT2D eigenvalue weighted by atomic mass is 10.1. The highest BCUT2D eigenvalue weighted by molar-refractivity contribution is 7.91. The van der Waals surface area contributed by atoms with Crippen molar-refractivity contribution in [2.24, 2.45) is 0 Å². The first-order valence-corrected chi connectivity index (χ1v) is 10.7. The molecule has 1 aromatic heterocycles. The van der Waals surface area contributed by atoms with Crippen LogP contribution in [0.5, 0.6) is 0 Å². The van der Waals surface area contributed by atoms with Crippen molar-refractivity contribution in [3.05, 3.63) is 52.9 Å². The summed E-state index contributed by atoms with van der Waals surface area (Å²) < 4.78 is 26.9. The first-order valence-electron chi connectivity index (χ1n) is 8.40. The number of hydrogen-bond acceptors (Lipinski definition) is 4. The van der Waals surface area contributed by atoms with Crippen molar-refractivity contribution in [2.75, 3.05) is 13.1 Å². The zero-order valence-corrected chi connectivity index (χ0v) is 15.8. The van der Waals surface area contributed by atoms with Crippen LogP contribution in [-0.2, 0) is 21.2 Å². The first kappa shape index (κ1) is 18.1. The Balaban J connectivity index is 1.62. The number of carbonyl (C=O) groups is 1. The fourth-order valence-electron chi connectivity index (χ4n) is 2.92. The minimum Gasteiger partial charge on any atom is -0.349 e. The van der Waals surface area contributed by atoms with Crippen molar-refractivity contribution in [1.82, 2.24) is 9.62 Å². The number of rotatable bonds is 6. The molecule has 1 aliphatic rings. The van der Waals surface area contributed by atoms with Gasteiger partial charge in [-0.3, -0.25) is 4.79 Å². The Kier molecular flexibility index (Phi) is 5.56. The van der Waals surface area contributed by atoms with Gasteiger partial charge < -0.3 is 5.32 Å². The molecule has 0 radical (unpaired) electrons. The van der Waals surface area contributed by atoms with E-state index in [1.165, 1.54) is 15.6 Å². The van der Waals surface area contributed by atoms with Crippen LogP contribution in [0, 0.1) is 0 Å². The molecule has 1 unspecified atom stereocenters. The van der Waals surface area contributed by atoms with E-state index in [4.69, 9.17) is 0 Å². The molecule has 0 aliphatic carbocycles. The molecule has 3 rings (SSSR count). The number of hydrogen-bond donors (Lipinski definition) is 1. The molecule has 1 aliphatic heterocycles. The Morgan fingerprint density at radius 1 is 1.16 bits per heavy atom. The molecule has 1 N–H and O–H groups in total. The molecule has 1 fully saturated rings. The smallest absolute Gasteiger partial charge is 0.252 e. The predicted molar refractivity (Wildman–Crippen MR) is 99.0 cm³/mol. The molecule has 1 aromatic carbocycles. The van der Waals surface area contributed by atoms with Gasteiger partial charge in [-0.25, -0.2) is 8.42 Å². The van der Waals surface area contributed by atoms with E-state index in [0.29, 0.717) is 17.3 Å². The van der Waals surface area contributed by atoms with Crippen LogP contribution in [0.4, 0.5) is 0 Å². The lowest BCUT2D eigenvalue weighted by Crippen LogP contribution is -2.28. The van der Waals surface area contributed by atoms with Crippen molar-refractivity contribution in [3.63, 3.8) is 0 Å². The van der Waals surface area contributed by atoms with E-state index in [1.807, 2.05) is 37.3 Å². The van der Waals surface area contributed by atoms with Gasteiger partial charge in [0.2, 0.25) is 5.91 Å². The molecule has 0 spiro atoms. The van der Waals surface area contributed by atoms with E-state index in [1.54, 1.807) is 12.1 Å². The van der Waals surface area contributed by atoms with Crippen LogP contribution in [0.15, 0.2) is 46.7 Å². The van der Waals surface area contributed by atoms with E-state index in [9.17, 15) is 13.2 Å². The number of sulfonamides is 1. The average Bonchev–Trinajstić information content (AvgIpc) is 3.27. The number of nitrogens with one attached hydrogen (secondary N) is 1. The fraction of sp³-hybridized carbons (Fsp3) is 0.389. The van der Waals surface area contributed by atoms with E-state index < -0.39 is 10.0 Å². The van der Waals surface area contributed by atoms with Gasteiger partial charge in [0.15, 0.2) is 0 Å². The Bertz CT molecular complexity index is 825. The molecule has 7 heteroatoms. The van der Waals surface area contributed by atoms with E-state index >= 15 is 0 Å². The number of thiophene rings is 1. The minimum absolute atomic E-state index is 0.0820. The van der Waals surface area contributed by atoms with Gasteiger partial charge in [0, 0.05) is 18.0 Å². The molecular formula is C18H22N2O3S2. The van der Waals surface area contributed by atoms with Crippen LogP contribution in [-0.4, -0.2) is 31.7 Å². The summed E-state index contributed by atoms with van der Waals surface area (Å²) in [5.74, 6) is -0.108. The number of nitrogens with zero attached hydrogens (tertiary/aromatic N) is 1. The third kappa shape index (κ3) is 4.29. The maximum Gasteiger partial charge on any atom is 0.252 e. The van der Waals surface area contributed by atoms with Gasteiger partial charge in [-0.15, -0.1) is 11.3 Å². The molecule has 25 heavy (non-hydrogen) atoms. The predicted octanol–water partition coefficient (Wildman–Crippen LogP) is 2.95. The zero-order chi connectivity index (χ0) is 17.9. The van der Waals surface area contributed by atoms with Crippen LogP contribution < -0.4 is 5.32 Å². The van der Waals surface area contributed by atoms with Crippen LogP contribution in [0.2, 0.25) is 0 Å². The average molecular weight is 379 g/mol. The molecule has 134 valence electrons. The minimum atomic E-state index is -3.40. The highest BCUT2D eigenvalue weighted by atomic mass is 32.2. The molecule has 1 amide bonds. The lowest BCUT2D eigenvalue weighted by molar-refractivity contribution is -0.121. The van der Waals surface area contributed by atoms with E-state index in [2.05, 4.69) is 5.32 Å². The van der Waals surface area contributed by atoms with Gasteiger partial charge >= 0.3 is 0 Å². The monoisotopic (exact) mass is 378 g/mol. The normalized spacial score (nSPS) is 16.7. The van der Waals surface area contributed by atoms with Crippen LogP contribution in [0.1, 0.15) is 36.2 Å². The molecule has 5 nitrogen and oxygen atoms in total. The summed E-state index contributed by atoms with van der Waals surface area (Å²) in [6, 6.07) is 13.0. The van der Waals surface area contributed by atoms with E-state index in [-0.39, 0.29) is 18.4 Å². The number of carbonyl (C=O) groups excluding carboxylic acids is 1. The largest absolute Gasteiger partial charge is 0.349 e. The van der Waals surface area contributed by atoms with Crippen molar-refractivity contribution in [1.29, 1.82) is 0 Å². The summed E-state index contributed by atoms with van der Waals surface area (Å²) >= 11 is 1.19. The Morgan fingerprint density at radius 2 is 1.84 bits per heavy atom. The summed E-state index contributed by atoms with van der Waals surface area (Å²) in [6.45, 7) is 3.11. The molecular weight excluding hydrogens is 356 g/mol. The van der Waals surface area contributed by atoms with Crippen molar-refractivity contribution < 1.29 is 13.2 Å². The first-order chi connectivity index (χ1) is 12.0. The summed E-state index contributed by atoms with van der Waals surface area (Å²) in [6.07, 6.45) is 2.02. The standard InChI is InChI=1S/C18H22N2O3S2/c1-14(15-7-3-2-4-8-15)19-17(21)13-16-9-10-18(24-16)25(22,23)20-11-5-6-12-20/h2-4,7-10,14H,5-6,11-13H2,1H3,(H,19,21). The lowest BCUT2D eigenvalue weighted by Gasteiger charge is -2.14. The zero-order valence-electron chi connectivity index (χ0n) is 14.1. The van der Waals surface area contributed by atoms with Crippen LogP contribution in [0.3, 0.4) is 0 Å². The van der Waals surface area contributed by atoms with Crippen molar-refractivity contribution in [2.45, 2.75) is 36.4 Å². The maximum absolute atomic E-state index is 12.5. The third-order valence-corrected chi connectivity index (χ3v) is 7.76. The van der Waals surface area contributed by atoms with Crippen LogP contribution in [0.25, 0.3) is 0 Å². The Hall–Kier alpha value is -1.70. The summed E-state index contributed by atoms with van der Waals surface area (Å²) in [5.41, 5.74) is 1.04. The number of amides is 1. The third-order valence-electron chi connectivity index (χ3n) is 4.31. The Morgan fingerprint density at radius 3 is 2.52 bits per heavy atom. The summed E-state index contributed by atoms with van der Waals surface area (Å²) in [7, 11) is -3.40. The molecule has 2 heterocycles. The highest BCUT2D eigenvalue weighted by Gasteiger charge is 2.28. The van der Waals surface area contributed by atoms with Crippen molar-refractivity contribution in [3.8, 4) is 0 Å². The number of benzene rings is 1. The van der Waals surface area contributed by atoms with Gasteiger partial charge in [-0.05, 0) is 37.5 Å². The SMILES string of the molecule is CC(NC(=O)Cc1ccc(S(=O)(=O)N2CCCC2)s1)c1ccccc1. The highest BCUT2D eigenvalue weighted by Crippen LogP contribution is 2.27. The van der Waals surface area contributed by atoms with Gasteiger partial charge in [-0.1, -0.05) is 30.3 Å². The summed E-state index contributed by atoms with van der Waals surface area (Å²) in [4.78, 5) is 13.0. The second-order valence-electron chi connectivity index (χ2n) is 6.21. The van der Waals surface area contributed by atoms with Crippen molar-refractivity contribution >= 4 is 27.3 Å². The molecule has 0 bridgehead atoms. The molecule has 1 atom stereocenters. The van der Waals surface area contributed by atoms with Gasteiger partial charge in [0.05, 0.1) is 12.5 Å². The topological polar surface area (TPSA) is 66.5 Å². The fourth-order valence-corrected chi connectivity index (χ4v) is 5.95. The van der Waals surface area contributed by atoms with Gasteiger partial charge in [0.25, 0.3) is 10.0 Å². The second kappa shape index (κ2) is 7.68. The molecule has 2 aromatic rings.